The molecule has 0 aromatic heterocycles. The molecule has 1 saturated carbocycles. The third-order valence-corrected chi connectivity index (χ3v) is 5.02. The second-order valence-electron chi connectivity index (χ2n) is 7.04. The van der Waals surface area contributed by atoms with E-state index in [-0.39, 0.29) is 29.0 Å². The van der Waals surface area contributed by atoms with Gasteiger partial charge in [0.2, 0.25) is 5.91 Å². The Morgan fingerprint density at radius 1 is 1.04 bits per heavy atom. The Kier molecular flexibility index (Phi) is 12.2. The molecule has 0 unspecified atom stereocenters. The van der Waals surface area contributed by atoms with Crippen LogP contribution in [-0.4, -0.2) is 61.8 Å². The molecule has 27 heavy (non-hydrogen) atoms. The van der Waals surface area contributed by atoms with Crippen LogP contribution >= 0.6 is 11.4 Å². The summed E-state index contributed by atoms with van der Waals surface area (Å²) in [4.78, 5) is 34.9. The minimum atomic E-state index is -0.124. The summed E-state index contributed by atoms with van der Waals surface area (Å²) in [5, 5.41) is 5.56. The van der Waals surface area contributed by atoms with Crippen molar-refractivity contribution in [2.45, 2.75) is 52.0 Å². The van der Waals surface area contributed by atoms with Crippen molar-refractivity contribution >= 4 is 34.2 Å². The van der Waals surface area contributed by atoms with Crippen molar-refractivity contribution in [3.63, 3.8) is 0 Å². The van der Waals surface area contributed by atoms with E-state index in [0.717, 1.165) is 25.7 Å². The monoisotopic (exact) mass is 402 g/mol. The third kappa shape index (κ3) is 10.6. The van der Waals surface area contributed by atoms with Crippen molar-refractivity contribution in [2.24, 2.45) is 11.8 Å². The highest BCUT2D eigenvalue weighted by Crippen LogP contribution is 2.27. The molecule has 0 heterocycles. The number of thiol groups is 1. The van der Waals surface area contributed by atoms with Crippen molar-refractivity contribution in [2.75, 3.05) is 33.0 Å². The first-order chi connectivity index (χ1) is 12.9. The molecule has 1 aliphatic rings. The number of nitrogens with one attached hydrogen (secondary N) is 2. The molecule has 8 heteroatoms. The molecule has 2 amide bonds. The number of hydrogen-bond acceptors (Lipinski definition) is 5. The highest BCUT2D eigenvalue weighted by atomic mass is 32.1. The molecule has 0 bridgehead atoms. The zero-order chi connectivity index (χ0) is 20.1. The van der Waals surface area contributed by atoms with E-state index in [1.807, 2.05) is 13.8 Å². The van der Waals surface area contributed by atoms with Crippen LogP contribution in [0, 0.1) is 11.8 Å². The average molecular weight is 403 g/mol. The Balaban J connectivity index is 1.98. The second-order valence-corrected chi connectivity index (χ2v) is 7.76. The molecule has 0 aromatic rings. The molecule has 2 N–H and O–H groups in total. The van der Waals surface area contributed by atoms with Gasteiger partial charge in [0.1, 0.15) is 5.78 Å². The molecule has 0 saturated heterocycles. The molecule has 156 valence electrons. The van der Waals surface area contributed by atoms with E-state index >= 15 is 0 Å². The van der Waals surface area contributed by atoms with Crippen LogP contribution in [0.2, 0.25) is 0 Å². The number of carbonyl (C=O) groups excluding carboxylic acids is 3. The fraction of sp³-hybridized carbons (Fsp3) is 0.789. The summed E-state index contributed by atoms with van der Waals surface area (Å²) in [7, 11) is 0. The predicted molar refractivity (Wildman–Crippen MR) is 109 cm³/mol. The highest BCUT2D eigenvalue weighted by molar-refractivity contribution is 8.10. The van der Waals surface area contributed by atoms with E-state index in [9.17, 15) is 14.4 Å². The lowest BCUT2D eigenvalue weighted by molar-refractivity contribution is -0.127. The van der Waals surface area contributed by atoms with Crippen molar-refractivity contribution in [3.8, 4) is 0 Å². The first-order valence-electron chi connectivity index (χ1n) is 9.67. The predicted octanol–water partition coefficient (Wildman–Crippen LogP) is 1.92. The molecular weight excluding hydrogens is 368 g/mol. The third-order valence-electron chi connectivity index (χ3n) is 4.58. The molecule has 7 nitrogen and oxygen atoms in total. The van der Waals surface area contributed by atoms with Gasteiger partial charge >= 0.3 is 0 Å². The van der Waals surface area contributed by atoms with Gasteiger partial charge in [-0.05, 0) is 25.7 Å². The first-order valence-corrected chi connectivity index (χ1v) is 10.7. The van der Waals surface area contributed by atoms with Gasteiger partial charge < -0.3 is 20.1 Å². The topological polar surface area (TPSA) is 93.7 Å². The van der Waals surface area contributed by atoms with E-state index in [1.165, 1.54) is 0 Å². The molecule has 0 radical (unpaired) electrons. The van der Waals surface area contributed by atoms with Gasteiger partial charge in [0.05, 0.1) is 26.4 Å². The van der Waals surface area contributed by atoms with E-state index in [0.29, 0.717) is 56.5 Å². The standard InChI is InChI=1S/C19H34N2O5S/c1-14(2)18(23)15-4-6-16(7-5-15)21-17(22)8-10-25-12-13-26-11-9-20-19(24)27-3/h14-16,27H,3-13H2,1-2H3,(H,20,24)(H,21,22)/t15-,16+. The van der Waals surface area contributed by atoms with Gasteiger partial charge in [-0.3, -0.25) is 14.4 Å². The van der Waals surface area contributed by atoms with Crippen LogP contribution in [0.3, 0.4) is 0 Å². The zero-order valence-electron chi connectivity index (χ0n) is 16.5. The number of Topliss-reactive ketones (excluding diaryl/α,β-unsaturated/α-hetero) is 1. The fourth-order valence-corrected chi connectivity index (χ4v) is 3.29. The van der Waals surface area contributed by atoms with Crippen molar-refractivity contribution in [1.82, 2.24) is 10.6 Å². The SMILES string of the molecule is C=[SH]C(=O)NCCOCCOCCC(=O)N[C@H]1CC[C@@H](C(=O)C(C)C)CC1. The second kappa shape index (κ2) is 13.8. The Bertz CT molecular complexity index is 490. The molecule has 1 rings (SSSR count). The largest absolute Gasteiger partial charge is 0.379 e. The van der Waals surface area contributed by atoms with Gasteiger partial charge in [-0.2, -0.15) is 0 Å². The summed E-state index contributed by atoms with van der Waals surface area (Å²) in [5.74, 6) is 4.04. The smallest absolute Gasteiger partial charge is 0.270 e. The lowest BCUT2D eigenvalue weighted by Crippen LogP contribution is -2.39. The number of ether oxygens (including phenoxy) is 2. The van der Waals surface area contributed by atoms with Gasteiger partial charge in [0, 0.05) is 30.8 Å². The summed E-state index contributed by atoms with van der Waals surface area (Å²) in [6.07, 6.45) is 3.79. The number of ketones is 1. The maximum atomic E-state index is 12.0. The zero-order valence-corrected chi connectivity index (χ0v) is 17.4. The van der Waals surface area contributed by atoms with Crippen LogP contribution in [0.5, 0.6) is 0 Å². The van der Waals surface area contributed by atoms with E-state index in [1.54, 1.807) is 0 Å². The normalized spacial score (nSPS) is 19.7. The van der Waals surface area contributed by atoms with Crippen LogP contribution in [-0.2, 0) is 19.1 Å². The minimum Gasteiger partial charge on any atom is -0.379 e. The molecule has 0 spiro atoms. The summed E-state index contributed by atoms with van der Waals surface area (Å²) in [6.45, 7) is 5.96. The lowest BCUT2D eigenvalue weighted by atomic mass is 9.80. The summed E-state index contributed by atoms with van der Waals surface area (Å²) >= 11 is 0.445. The minimum absolute atomic E-state index is 0.00962. The maximum Gasteiger partial charge on any atom is 0.270 e. The number of rotatable bonds is 12. The quantitative estimate of drug-likeness (QED) is 0.263. The van der Waals surface area contributed by atoms with Crippen molar-refractivity contribution in [3.05, 3.63) is 0 Å². The summed E-state index contributed by atoms with van der Waals surface area (Å²) in [5.41, 5.74) is 0. The van der Waals surface area contributed by atoms with Gasteiger partial charge in [-0.25, -0.2) is 0 Å². The molecule has 1 aliphatic carbocycles. The van der Waals surface area contributed by atoms with E-state index in [2.05, 4.69) is 16.5 Å². The lowest BCUT2D eigenvalue weighted by Gasteiger charge is -2.29. The van der Waals surface area contributed by atoms with Gasteiger partial charge in [0.15, 0.2) is 0 Å². The van der Waals surface area contributed by atoms with Crippen molar-refractivity contribution in [1.29, 1.82) is 0 Å². The Labute approximate surface area is 165 Å². The molecule has 0 aromatic carbocycles. The van der Waals surface area contributed by atoms with Crippen LogP contribution in [0.1, 0.15) is 46.0 Å². The first kappa shape index (κ1) is 23.8. The highest BCUT2D eigenvalue weighted by Gasteiger charge is 2.28. The molecule has 0 aliphatic heterocycles. The van der Waals surface area contributed by atoms with Gasteiger partial charge in [-0.1, -0.05) is 19.7 Å². The van der Waals surface area contributed by atoms with Crippen molar-refractivity contribution < 1.29 is 23.9 Å². The molecular formula is C19H34N2O5S. The number of hydrogen-bond donors (Lipinski definition) is 3. The van der Waals surface area contributed by atoms with E-state index < -0.39 is 0 Å². The van der Waals surface area contributed by atoms with Crippen LogP contribution in [0.4, 0.5) is 4.79 Å². The summed E-state index contributed by atoms with van der Waals surface area (Å²) < 4.78 is 10.7. The van der Waals surface area contributed by atoms with E-state index in [4.69, 9.17) is 9.47 Å². The van der Waals surface area contributed by atoms with Gasteiger partial charge in [-0.15, -0.1) is 11.4 Å². The Morgan fingerprint density at radius 2 is 1.67 bits per heavy atom. The summed E-state index contributed by atoms with van der Waals surface area (Å²) in [6, 6.07) is 0.171. The Hall–Kier alpha value is -1.25. The number of amides is 2. The average Bonchev–Trinajstić information content (AvgIpc) is 2.66. The molecule has 0 atom stereocenters. The molecule has 1 fully saturated rings. The van der Waals surface area contributed by atoms with Gasteiger partial charge in [0.25, 0.3) is 5.24 Å². The maximum absolute atomic E-state index is 12.0. The van der Waals surface area contributed by atoms with Crippen LogP contribution < -0.4 is 10.6 Å². The fourth-order valence-electron chi connectivity index (χ4n) is 3.07. The Morgan fingerprint density at radius 3 is 2.26 bits per heavy atom. The number of carbonyl (C=O) groups is 3. The van der Waals surface area contributed by atoms with Crippen LogP contribution in [0.15, 0.2) is 0 Å². The van der Waals surface area contributed by atoms with Crippen LogP contribution in [0.25, 0.3) is 0 Å².